The van der Waals surface area contributed by atoms with Crippen LogP contribution in [0.1, 0.15) is 5.69 Å². The number of nitrogens with one attached hydrogen (secondary N) is 1. The van der Waals surface area contributed by atoms with Gasteiger partial charge in [0.15, 0.2) is 0 Å². The van der Waals surface area contributed by atoms with Crippen molar-refractivity contribution in [3.8, 4) is 5.88 Å². The number of nitrogens with zero attached hydrogens (tertiary/aromatic N) is 2. The highest BCUT2D eigenvalue weighted by Crippen LogP contribution is 2.19. The zero-order valence-corrected chi connectivity index (χ0v) is 10.6. The van der Waals surface area contributed by atoms with Gasteiger partial charge in [-0.1, -0.05) is 12.2 Å². The van der Waals surface area contributed by atoms with Crippen LogP contribution in [-0.4, -0.2) is 22.1 Å². The van der Waals surface area contributed by atoms with Gasteiger partial charge in [0.25, 0.3) is 0 Å². The van der Waals surface area contributed by atoms with Gasteiger partial charge in [-0.2, -0.15) is 0 Å². The topological polar surface area (TPSA) is 73.1 Å². The maximum Gasteiger partial charge on any atom is 0.213 e. The molecule has 0 aliphatic heterocycles. The number of anilines is 2. The van der Waals surface area contributed by atoms with Crippen molar-refractivity contribution in [1.82, 2.24) is 9.97 Å². The lowest BCUT2D eigenvalue weighted by Crippen LogP contribution is -2.13. The fourth-order valence-electron chi connectivity index (χ4n) is 1.43. The monoisotopic (exact) mass is 260 g/mol. The maximum absolute atomic E-state index is 5.61. The molecule has 0 atom stereocenters. The van der Waals surface area contributed by atoms with E-state index < -0.39 is 0 Å². The summed E-state index contributed by atoms with van der Waals surface area (Å²) in [5.41, 5.74) is 7.72. The van der Waals surface area contributed by atoms with Gasteiger partial charge in [-0.3, -0.25) is 4.98 Å². The van der Waals surface area contributed by atoms with Gasteiger partial charge >= 0.3 is 0 Å². The summed E-state index contributed by atoms with van der Waals surface area (Å²) >= 11 is 4.94. The van der Waals surface area contributed by atoms with Crippen LogP contribution in [0.15, 0.2) is 36.7 Å². The molecule has 0 aromatic carbocycles. The zero-order valence-electron chi connectivity index (χ0n) is 9.75. The van der Waals surface area contributed by atoms with Crippen molar-refractivity contribution >= 4 is 28.6 Å². The molecule has 3 N–H and O–H groups in total. The molecule has 6 heteroatoms. The molecule has 0 aliphatic rings. The van der Waals surface area contributed by atoms with Crippen LogP contribution in [0, 0.1) is 0 Å². The Morgan fingerprint density at radius 3 is 2.78 bits per heavy atom. The Kier molecular flexibility index (Phi) is 3.69. The Hall–Kier alpha value is -2.21. The van der Waals surface area contributed by atoms with E-state index in [0.29, 0.717) is 11.6 Å². The quantitative estimate of drug-likeness (QED) is 0.817. The molecule has 0 unspecified atom stereocenters. The van der Waals surface area contributed by atoms with E-state index in [4.69, 9.17) is 22.7 Å². The Morgan fingerprint density at radius 1 is 1.33 bits per heavy atom. The number of ether oxygens (including phenoxy) is 1. The van der Waals surface area contributed by atoms with Crippen LogP contribution < -0.4 is 15.8 Å². The second-order valence-electron chi connectivity index (χ2n) is 3.48. The van der Waals surface area contributed by atoms with Crippen molar-refractivity contribution in [2.75, 3.05) is 12.4 Å². The fraction of sp³-hybridized carbons (Fsp3) is 0.0833. The van der Waals surface area contributed by atoms with E-state index in [2.05, 4.69) is 15.3 Å². The number of hydrogen-bond acceptors (Lipinski definition) is 5. The smallest absolute Gasteiger partial charge is 0.213 e. The van der Waals surface area contributed by atoms with E-state index in [1.807, 2.05) is 12.1 Å². The SMILES string of the molecule is COc1ccc(Nc2cccnc2C(N)=S)cn1. The number of aromatic nitrogens is 2. The molecule has 0 bridgehead atoms. The summed E-state index contributed by atoms with van der Waals surface area (Å²) in [4.78, 5) is 8.48. The first-order valence-electron chi connectivity index (χ1n) is 5.22. The third kappa shape index (κ3) is 2.72. The number of rotatable bonds is 4. The average Bonchev–Trinajstić information content (AvgIpc) is 2.40. The van der Waals surface area contributed by atoms with E-state index in [1.54, 1.807) is 31.6 Å². The lowest BCUT2D eigenvalue weighted by Gasteiger charge is -2.09. The first kappa shape index (κ1) is 12.3. The van der Waals surface area contributed by atoms with Gasteiger partial charge < -0.3 is 15.8 Å². The summed E-state index contributed by atoms with van der Waals surface area (Å²) in [5, 5.41) is 3.16. The molecule has 0 fully saturated rings. The van der Waals surface area contributed by atoms with Gasteiger partial charge in [0, 0.05) is 12.3 Å². The van der Waals surface area contributed by atoms with E-state index in [1.165, 1.54) is 0 Å². The Bertz CT molecular complexity index is 556. The standard InChI is InChI=1S/C12H12N4OS/c1-17-10-5-4-8(7-15-10)16-9-3-2-6-14-11(9)12(13)18/h2-7,16H,1H3,(H2,13,18). The minimum absolute atomic E-state index is 0.250. The second kappa shape index (κ2) is 5.42. The Balaban J connectivity index is 2.25. The minimum Gasteiger partial charge on any atom is -0.481 e. The van der Waals surface area contributed by atoms with Gasteiger partial charge in [-0.25, -0.2) is 4.98 Å². The predicted octanol–water partition coefficient (Wildman–Crippen LogP) is 1.86. The van der Waals surface area contributed by atoms with Crippen molar-refractivity contribution < 1.29 is 4.74 Å². The molecule has 0 amide bonds. The first-order chi connectivity index (χ1) is 8.70. The molecule has 0 aliphatic carbocycles. The molecule has 0 saturated carbocycles. The van der Waals surface area contributed by atoms with Crippen molar-refractivity contribution in [2.24, 2.45) is 5.73 Å². The van der Waals surface area contributed by atoms with Crippen LogP contribution in [0.4, 0.5) is 11.4 Å². The van der Waals surface area contributed by atoms with E-state index in [0.717, 1.165) is 11.4 Å². The van der Waals surface area contributed by atoms with Gasteiger partial charge in [-0.15, -0.1) is 0 Å². The van der Waals surface area contributed by atoms with Gasteiger partial charge in [-0.05, 0) is 18.2 Å². The van der Waals surface area contributed by atoms with Gasteiger partial charge in [0.05, 0.1) is 24.7 Å². The van der Waals surface area contributed by atoms with Gasteiger partial charge in [0.2, 0.25) is 5.88 Å². The second-order valence-corrected chi connectivity index (χ2v) is 3.92. The number of hydrogen-bond donors (Lipinski definition) is 2. The van der Waals surface area contributed by atoms with Crippen molar-refractivity contribution in [3.05, 3.63) is 42.4 Å². The van der Waals surface area contributed by atoms with Crippen LogP contribution in [0.25, 0.3) is 0 Å². The van der Waals surface area contributed by atoms with Crippen LogP contribution >= 0.6 is 12.2 Å². The number of thiocarbonyl (C=S) groups is 1. The number of pyridine rings is 2. The lowest BCUT2D eigenvalue weighted by atomic mass is 10.2. The molecule has 2 aromatic heterocycles. The molecule has 0 saturated heterocycles. The molecule has 2 rings (SSSR count). The lowest BCUT2D eigenvalue weighted by molar-refractivity contribution is 0.398. The molecular formula is C12H12N4OS. The van der Waals surface area contributed by atoms with E-state index >= 15 is 0 Å². The summed E-state index contributed by atoms with van der Waals surface area (Å²) in [6.45, 7) is 0. The molecular weight excluding hydrogens is 248 g/mol. The Morgan fingerprint density at radius 2 is 2.17 bits per heavy atom. The molecule has 5 nitrogen and oxygen atoms in total. The first-order valence-corrected chi connectivity index (χ1v) is 5.63. The highest BCUT2D eigenvalue weighted by molar-refractivity contribution is 7.80. The maximum atomic E-state index is 5.61. The Labute approximate surface area is 110 Å². The predicted molar refractivity (Wildman–Crippen MR) is 74.2 cm³/mol. The summed E-state index contributed by atoms with van der Waals surface area (Å²) in [5.74, 6) is 0.557. The van der Waals surface area contributed by atoms with Crippen LogP contribution in [0.3, 0.4) is 0 Å². The molecule has 2 aromatic rings. The minimum atomic E-state index is 0.250. The summed E-state index contributed by atoms with van der Waals surface area (Å²) in [6.07, 6.45) is 3.31. The van der Waals surface area contributed by atoms with E-state index in [9.17, 15) is 0 Å². The molecule has 92 valence electrons. The zero-order chi connectivity index (χ0) is 13.0. The summed E-state index contributed by atoms with van der Waals surface area (Å²) in [6, 6.07) is 7.27. The number of methoxy groups -OCH3 is 1. The molecule has 0 radical (unpaired) electrons. The van der Waals surface area contributed by atoms with Crippen LogP contribution in [-0.2, 0) is 0 Å². The normalized spacial score (nSPS) is 9.83. The highest BCUT2D eigenvalue weighted by Gasteiger charge is 2.06. The summed E-state index contributed by atoms with van der Waals surface area (Å²) < 4.78 is 4.99. The molecule has 0 spiro atoms. The third-order valence-corrected chi connectivity index (χ3v) is 2.46. The molecule has 18 heavy (non-hydrogen) atoms. The average molecular weight is 260 g/mol. The molecule has 2 heterocycles. The number of nitrogens with two attached hydrogens (primary N) is 1. The van der Waals surface area contributed by atoms with Crippen molar-refractivity contribution in [2.45, 2.75) is 0 Å². The third-order valence-electron chi connectivity index (χ3n) is 2.27. The largest absolute Gasteiger partial charge is 0.481 e. The van der Waals surface area contributed by atoms with E-state index in [-0.39, 0.29) is 4.99 Å². The van der Waals surface area contributed by atoms with Crippen LogP contribution in [0.2, 0.25) is 0 Å². The van der Waals surface area contributed by atoms with Gasteiger partial charge in [0.1, 0.15) is 10.7 Å². The summed E-state index contributed by atoms with van der Waals surface area (Å²) in [7, 11) is 1.57. The fourth-order valence-corrected chi connectivity index (χ4v) is 1.60. The van der Waals surface area contributed by atoms with Crippen molar-refractivity contribution in [3.63, 3.8) is 0 Å². The highest BCUT2D eigenvalue weighted by atomic mass is 32.1. The van der Waals surface area contributed by atoms with Crippen molar-refractivity contribution in [1.29, 1.82) is 0 Å². The van der Waals surface area contributed by atoms with Crippen LogP contribution in [0.5, 0.6) is 5.88 Å².